The predicted molar refractivity (Wildman–Crippen MR) is 117 cm³/mol. The van der Waals surface area contributed by atoms with Crippen LogP contribution in [0.2, 0.25) is 0 Å². The van der Waals surface area contributed by atoms with E-state index < -0.39 is 0 Å². The Kier molecular flexibility index (Phi) is 4.50. The summed E-state index contributed by atoms with van der Waals surface area (Å²) in [4.78, 5) is 19.1. The number of thioether (sulfide) groups is 1. The van der Waals surface area contributed by atoms with E-state index in [1.165, 1.54) is 30.2 Å². The number of benzene rings is 2. The van der Waals surface area contributed by atoms with E-state index >= 15 is 0 Å². The zero-order chi connectivity index (χ0) is 20.0. The molecular weight excluding hydrogens is 380 g/mol. The van der Waals surface area contributed by atoms with Crippen molar-refractivity contribution in [1.82, 2.24) is 9.55 Å². The van der Waals surface area contributed by atoms with Gasteiger partial charge in [0.25, 0.3) is 5.56 Å². The molecule has 0 radical (unpaired) electrons. The van der Waals surface area contributed by atoms with Gasteiger partial charge in [-0.3, -0.25) is 9.36 Å². The third-order valence-electron chi connectivity index (χ3n) is 6.46. The second-order valence-electron chi connectivity index (χ2n) is 7.98. The van der Waals surface area contributed by atoms with E-state index in [1.807, 2.05) is 36.6 Å². The van der Waals surface area contributed by atoms with Crippen molar-refractivity contribution in [1.29, 1.82) is 0 Å². The summed E-state index contributed by atoms with van der Waals surface area (Å²) in [6, 6.07) is 16.1. The van der Waals surface area contributed by atoms with Crippen LogP contribution in [0.15, 0.2) is 58.5 Å². The highest BCUT2D eigenvalue weighted by atomic mass is 32.2. The van der Waals surface area contributed by atoms with Crippen LogP contribution in [0.5, 0.6) is 5.75 Å². The van der Waals surface area contributed by atoms with Crippen molar-refractivity contribution in [3.63, 3.8) is 0 Å². The van der Waals surface area contributed by atoms with Crippen LogP contribution >= 0.6 is 11.8 Å². The molecule has 148 valence electrons. The smallest absolute Gasteiger partial charge is 0.263 e. The number of nitrogens with zero attached hydrogens (tertiary/aromatic N) is 2. The van der Waals surface area contributed by atoms with E-state index in [4.69, 9.17) is 9.72 Å². The lowest BCUT2D eigenvalue weighted by Crippen LogP contribution is -2.40. The first-order chi connectivity index (χ1) is 14.2. The Morgan fingerprint density at radius 2 is 1.79 bits per heavy atom. The van der Waals surface area contributed by atoms with Crippen LogP contribution in [0.4, 0.5) is 0 Å². The molecule has 0 aliphatic heterocycles. The zero-order valence-electron chi connectivity index (χ0n) is 16.8. The molecule has 0 bridgehead atoms. The Hall–Kier alpha value is -2.53. The monoisotopic (exact) mass is 404 g/mol. The molecule has 5 rings (SSSR count). The molecule has 1 heterocycles. The Morgan fingerprint density at radius 1 is 1.07 bits per heavy atom. The molecule has 1 aromatic heterocycles. The molecule has 1 saturated carbocycles. The SMILES string of the molecule is COc1ccc(-n2c(SC)nc3c(c2=O)C2(CCCC2)Cc2ccccc2-3)cc1. The lowest BCUT2D eigenvalue weighted by molar-refractivity contribution is 0.414. The van der Waals surface area contributed by atoms with Gasteiger partial charge < -0.3 is 4.74 Å². The fourth-order valence-corrected chi connectivity index (χ4v) is 5.66. The summed E-state index contributed by atoms with van der Waals surface area (Å²) in [5.41, 5.74) is 5.09. The molecule has 2 aliphatic rings. The molecule has 2 aromatic carbocycles. The topological polar surface area (TPSA) is 44.1 Å². The van der Waals surface area contributed by atoms with Gasteiger partial charge in [-0.15, -0.1) is 0 Å². The second kappa shape index (κ2) is 7.06. The molecule has 3 aromatic rings. The van der Waals surface area contributed by atoms with Gasteiger partial charge >= 0.3 is 0 Å². The number of methoxy groups -OCH3 is 1. The number of fused-ring (bicyclic) bond motifs is 4. The van der Waals surface area contributed by atoms with Crippen molar-refractivity contribution in [2.75, 3.05) is 13.4 Å². The summed E-state index contributed by atoms with van der Waals surface area (Å²) in [5.74, 6) is 0.777. The third-order valence-corrected chi connectivity index (χ3v) is 7.10. The average Bonchev–Trinajstić information content (AvgIpc) is 3.22. The van der Waals surface area contributed by atoms with Gasteiger partial charge in [-0.1, -0.05) is 48.9 Å². The van der Waals surface area contributed by atoms with E-state index in [-0.39, 0.29) is 11.0 Å². The molecule has 4 nitrogen and oxygen atoms in total. The highest BCUT2D eigenvalue weighted by Gasteiger charge is 2.44. The minimum atomic E-state index is -0.0844. The van der Waals surface area contributed by atoms with Gasteiger partial charge in [-0.25, -0.2) is 4.98 Å². The predicted octanol–water partition coefficient (Wildman–Crippen LogP) is 5.00. The van der Waals surface area contributed by atoms with E-state index in [1.54, 1.807) is 11.7 Å². The first-order valence-electron chi connectivity index (χ1n) is 10.1. The fraction of sp³-hybridized carbons (Fsp3) is 0.333. The lowest BCUT2D eigenvalue weighted by Gasteiger charge is -2.36. The van der Waals surface area contributed by atoms with E-state index in [0.29, 0.717) is 0 Å². The maximum Gasteiger partial charge on any atom is 0.263 e. The van der Waals surface area contributed by atoms with Gasteiger partial charge in [0, 0.05) is 11.0 Å². The lowest BCUT2D eigenvalue weighted by atomic mass is 9.68. The quantitative estimate of drug-likeness (QED) is 0.455. The molecule has 0 unspecified atom stereocenters. The van der Waals surface area contributed by atoms with Crippen molar-refractivity contribution in [2.24, 2.45) is 0 Å². The van der Waals surface area contributed by atoms with Crippen molar-refractivity contribution in [2.45, 2.75) is 42.7 Å². The van der Waals surface area contributed by atoms with Crippen LogP contribution in [0, 0.1) is 0 Å². The van der Waals surface area contributed by atoms with Gasteiger partial charge in [0.1, 0.15) is 5.75 Å². The van der Waals surface area contributed by atoms with E-state index in [0.717, 1.165) is 52.7 Å². The molecule has 1 fully saturated rings. The number of hydrogen-bond acceptors (Lipinski definition) is 4. The zero-order valence-corrected chi connectivity index (χ0v) is 17.6. The van der Waals surface area contributed by atoms with Gasteiger partial charge in [0.15, 0.2) is 5.16 Å². The first-order valence-corrected chi connectivity index (χ1v) is 11.3. The number of hydrogen-bond donors (Lipinski definition) is 0. The molecule has 0 saturated heterocycles. The molecule has 0 amide bonds. The molecule has 1 spiro atoms. The second-order valence-corrected chi connectivity index (χ2v) is 8.76. The number of aromatic nitrogens is 2. The first kappa shape index (κ1) is 18.5. The molecule has 29 heavy (non-hydrogen) atoms. The van der Waals surface area contributed by atoms with Crippen molar-refractivity contribution >= 4 is 11.8 Å². The fourth-order valence-electron chi connectivity index (χ4n) is 5.11. The summed E-state index contributed by atoms with van der Waals surface area (Å²) in [6.07, 6.45) is 7.39. The highest BCUT2D eigenvalue weighted by Crippen LogP contribution is 2.50. The van der Waals surface area contributed by atoms with Crippen LogP contribution in [0.3, 0.4) is 0 Å². The van der Waals surface area contributed by atoms with Crippen molar-refractivity contribution in [3.05, 3.63) is 70.0 Å². The largest absolute Gasteiger partial charge is 0.497 e. The Bertz CT molecular complexity index is 1130. The molecule has 2 aliphatic carbocycles. The van der Waals surface area contributed by atoms with E-state index in [9.17, 15) is 4.79 Å². The van der Waals surface area contributed by atoms with Gasteiger partial charge in [-0.2, -0.15) is 0 Å². The normalized spacial score (nSPS) is 16.5. The minimum Gasteiger partial charge on any atom is -0.497 e. The molecule has 0 N–H and O–H groups in total. The molecule has 0 atom stereocenters. The Morgan fingerprint density at radius 3 is 2.48 bits per heavy atom. The summed E-state index contributed by atoms with van der Waals surface area (Å²) < 4.78 is 7.08. The van der Waals surface area contributed by atoms with Crippen molar-refractivity contribution < 1.29 is 4.74 Å². The maximum atomic E-state index is 14.0. The minimum absolute atomic E-state index is 0.0842. The van der Waals surface area contributed by atoms with Crippen LogP contribution in [0.25, 0.3) is 16.9 Å². The molecule has 5 heteroatoms. The van der Waals surface area contributed by atoms with Gasteiger partial charge in [-0.05, 0) is 55.3 Å². The van der Waals surface area contributed by atoms with Crippen LogP contribution < -0.4 is 10.3 Å². The highest BCUT2D eigenvalue weighted by molar-refractivity contribution is 7.98. The summed E-state index contributed by atoms with van der Waals surface area (Å²) in [5, 5.41) is 0.726. The average molecular weight is 405 g/mol. The number of rotatable bonds is 3. The summed E-state index contributed by atoms with van der Waals surface area (Å²) in [7, 11) is 1.65. The maximum absolute atomic E-state index is 14.0. The van der Waals surface area contributed by atoms with E-state index in [2.05, 4.69) is 18.2 Å². The van der Waals surface area contributed by atoms with Gasteiger partial charge in [0.2, 0.25) is 0 Å². The number of ether oxygens (including phenoxy) is 1. The van der Waals surface area contributed by atoms with Crippen LogP contribution in [-0.4, -0.2) is 22.9 Å². The van der Waals surface area contributed by atoms with Crippen LogP contribution in [0.1, 0.15) is 36.8 Å². The standard InChI is InChI=1S/C24H24N2O2S/c1-28-18-11-9-17(10-12-18)26-22(27)20-21(25-23(26)29-2)19-8-4-3-7-16(19)15-24(20)13-5-6-14-24/h3-4,7-12H,5-6,13-15H2,1-2H3. The Balaban J connectivity index is 1.81. The van der Waals surface area contributed by atoms with Crippen molar-refractivity contribution in [3.8, 4) is 22.7 Å². The molecular formula is C24H24N2O2S. The Labute approximate surface area is 175 Å². The summed E-state index contributed by atoms with van der Waals surface area (Å²) in [6.45, 7) is 0. The van der Waals surface area contributed by atoms with Crippen LogP contribution in [-0.2, 0) is 11.8 Å². The summed E-state index contributed by atoms with van der Waals surface area (Å²) >= 11 is 1.51. The van der Waals surface area contributed by atoms with Gasteiger partial charge in [0.05, 0.1) is 24.1 Å². The third kappa shape index (κ3) is 2.83.